The minimum atomic E-state index is 0.197. The predicted octanol–water partition coefficient (Wildman–Crippen LogP) is 2.93. The molecule has 0 aliphatic rings. The molecule has 1 aromatic carbocycles. The molecule has 2 rings (SSSR count). The van der Waals surface area contributed by atoms with Crippen LogP contribution >= 0.6 is 11.6 Å². The van der Waals surface area contributed by atoms with Gasteiger partial charge in [0.25, 0.3) is 0 Å². The number of ether oxygens (including phenoxy) is 1. The predicted molar refractivity (Wildman–Crippen MR) is 81.9 cm³/mol. The van der Waals surface area contributed by atoms with Gasteiger partial charge < -0.3 is 10.5 Å². The number of aromatic nitrogens is 1. The van der Waals surface area contributed by atoms with Crippen LogP contribution in [-0.4, -0.2) is 23.3 Å². The molecule has 0 radical (unpaired) electrons. The fraction of sp³-hybridized carbons (Fsp3) is 0.200. The maximum absolute atomic E-state index is 5.74. The van der Waals surface area contributed by atoms with Crippen molar-refractivity contribution in [3.8, 4) is 5.75 Å². The molecule has 2 aromatic rings. The van der Waals surface area contributed by atoms with E-state index in [1.54, 1.807) is 6.20 Å². The second-order valence-corrected chi connectivity index (χ2v) is 4.39. The summed E-state index contributed by atoms with van der Waals surface area (Å²) in [6.45, 7) is 0.532. The van der Waals surface area contributed by atoms with Gasteiger partial charge in [-0.1, -0.05) is 18.2 Å². The highest BCUT2D eigenvalue weighted by atomic mass is 35.5. The first-order valence-corrected chi connectivity index (χ1v) is 6.84. The van der Waals surface area contributed by atoms with Crippen LogP contribution in [0.4, 0.5) is 5.69 Å². The molecule has 0 unspecified atom stereocenters. The number of para-hydroxylation sites is 2. The molecule has 5 heteroatoms. The molecule has 0 aliphatic heterocycles. The van der Waals surface area contributed by atoms with Gasteiger partial charge in [0.2, 0.25) is 0 Å². The van der Waals surface area contributed by atoms with Gasteiger partial charge in [-0.15, -0.1) is 11.6 Å². The van der Waals surface area contributed by atoms with E-state index in [1.807, 2.05) is 42.5 Å². The quantitative estimate of drug-likeness (QED) is 0.505. The SMILES string of the molecule is NC(CCl)=Nc1ccccc1OCCc1ccccn1. The number of alkyl halides is 1. The van der Waals surface area contributed by atoms with Crippen molar-refractivity contribution in [3.05, 3.63) is 54.4 Å². The Hall–Kier alpha value is -2.07. The van der Waals surface area contributed by atoms with Gasteiger partial charge >= 0.3 is 0 Å². The van der Waals surface area contributed by atoms with Crippen molar-refractivity contribution < 1.29 is 4.74 Å². The van der Waals surface area contributed by atoms with Gasteiger partial charge in [0.15, 0.2) is 0 Å². The van der Waals surface area contributed by atoms with Crippen LogP contribution in [-0.2, 0) is 6.42 Å². The van der Waals surface area contributed by atoms with Crippen molar-refractivity contribution in [1.29, 1.82) is 0 Å². The average Bonchev–Trinajstić information content (AvgIpc) is 2.50. The highest BCUT2D eigenvalue weighted by molar-refractivity contribution is 6.28. The van der Waals surface area contributed by atoms with Crippen molar-refractivity contribution >= 4 is 23.1 Å². The zero-order valence-corrected chi connectivity index (χ0v) is 11.8. The summed E-state index contributed by atoms with van der Waals surface area (Å²) in [6.07, 6.45) is 2.51. The number of pyridine rings is 1. The van der Waals surface area contributed by atoms with Gasteiger partial charge in [-0.2, -0.15) is 0 Å². The van der Waals surface area contributed by atoms with E-state index < -0.39 is 0 Å². The Balaban J connectivity index is 1.99. The summed E-state index contributed by atoms with van der Waals surface area (Å²) in [5.41, 5.74) is 7.33. The third kappa shape index (κ3) is 4.24. The number of hydrogen-bond acceptors (Lipinski definition) is 3. The van der Waals surface area contributed by atoms with E-state index in [2.05, 4.69) is 9.98 Å². The molecule has 0 atom stereocenters. The third-order valence-electron chi connectivity index (χ3n) is 2.61. The highest BCUT2D eigenvalue weighted by Crippen LogP contribution is 2.26. The molecule has 0 saturated carbocycles. The number of halogens is 1. The van der Waals surface area contributed by atoms with Crippen molar-refractivity contribution in [2.75, 3.05) is 12.5 Å². The maximum Gasteiger partial charge on any atom is 0.144 e. The second kappa shape index (κ2) is 7.50. The molecule has 0 spiro atoms. The van der Waals surface area contributed by atoms with Crippen LogP contribution in [0.1, 0.15) is 5.69 Å². The standard InChI is InChI=1S/C15H16ClN3O/c16-11-15(17)19-13-6-1-2-7-14(13)20-10-8-12-5-3-4-9-18-12/h1-7,9H,8,10-11H2,(H2,17,19). The first-order chi connectivity index (χ1) is 9.79. The monoisotopic (exact) mass is 289 g/mol. The van der Waals surface area contributed by atoms with Gasteiger partial charge in [-0.05, 0) is 24.3 Å². The number of aliphatic imine (C=N–C) groups is 1. The molecular weight excluding hydrogens is 274 g/mol. The van der Waals surface area contributed by atoms with Crippen LogP contribution in [0.3, 0.4) is 0 Å². The molecule has 1 heterocycles. The van der Waals surface area contributed by atoms with Crippen LogP contribution in [0.2, 0.25) is 0 Å². The Bertz CT molecular complexity index is 572. The highest BCUT2D eigenvalue weighted by Gasteiger charge is 2.03. The molecule has 0 amide bonds. The van der Waals surface area contributed by atoms with E-state index in [-0.39, 0.29) is 5.88 Å². The number of rotatable bonds is 6. The summed E-state index contributed by atoms with van der Waals surface area (Å²) < 4.78 is 5.74. The molecule has 0 bridgehead atoms. The molecule has 0 saturated heterocycles. The Labute approximate surface area is 123 Å². The van der Waals surface area contributed by atoms with Crippen molar-refractivity contribution in [2.45, 2.75) is 6.42 Å². The normalized spacial score (nSPS) is 11.3. The summed E-state index contributed by atoms with van der Waals surface area (Å²) in [5.74, 6) is 1.26. The van der Waals surface area contributed by atoms with Crippen molar-refractivity contribution in [1.82, 2.24) is 4.98 Å². The van der Waals surface area contributed by atoms with E-state index in [4.69, 9.17) is 22.1 Å². The molecule has 20 heavy (non-hydrogen) atoms. The van der Waals surface area contributed by atoms with E-state index in [0.29, 0.717) is 23.9 Å². The summed E-state index contributed by atoms with van der Waals surface area (Å²) in [6, 6.07) is 13.3. The van der Waals surface area contributed by atoms with Crippen LogP contribution in [0.15, 0.2) is 53.7 Å². The fourth-order valence-corrected chi connectivity index (χ4v) is 1.73. The first-order valence-electron chi connectivity index (χ1n) is 6.30. The summed E-state index contributed by atoms with van der Waals surface area (Å²) >= 11 is 5.63. The topological polar surface area (TPSA) is 60.5 Å². The molecule has 2 N–H and O–H groups in total. The number of benzene rings is 1. The minimum absolute atomic E-state index is 0.197. The first kappa shape index (κ1) is 14.3. The molecule has 104 valence electrons. The Morgan fingerprint density at radius 3 is 2.75 bits per heavy atom. The van der Waals surface area contributed by atoms with E-state index in [1.165, 1.54) is 0 Å². The van der Waals surface area contributed by atoms with E-state index in [9.17, 15) is 0 Å². The summed E-state index contributed by atoms with van der Waals surface area (Å²) in [5, 5.41) is 0. The number of nitrogens with two attached hydrogens (primary N) is 1. The van der Waals surface area contributed by atoms with Gasteiger partial charge in [0.1, 0.15) is 17.3 Å². The van der Waals surface area contributed by atoms with Crippen LogP contribution in [0.25, 0.3) is 0 Å². The van der Waals surface area contributed by atoms with E-state index >= 15 is 0 Å². The lowest BCUT2D eigenvalue weighted by atomic mass is 10.3. The smallest absolute Gasteiger partial charge is 0.144 e. The summed E-state index contributed by atoms with van der Waals surface area (Å²) in [7, 11) is 0. The minimum Gasteiger partial charge on any atom is -0.491 e. The average molecular weight is 290 g/mol. The molecule has 0 fully saturated rings. The molecule has 4 nitrogen and oxygen atoms in total. The van der Waals surface area contributed by atoms with Crippen LogP contribution < -0.4 is 10.5 Å². The second-order valence-electron chi connectivity index (χ2n) is 4.12. The number of amidine groups is 1. The number of hydrogen-bond donors (Lipinski definition) is 1. The zero-order valence-electron chi connectivity index (χ0n) is 11.0. The van der Waals surface area contributed by atoms with Crippen molar-refractivity contribution in [2.24, 2.45) is 10.7 Å². The Morgan fingerprint density at radius 2 is 2.00 bits per heavy atom. The van der Waals surface area contributed by atoms with Gasteiger partial charge in [0, 0.05) is 18.3 Å². The Morgan fingerprint density at radius 1 is 1.20 bits per heavy atom. The lowest BCUT2D eigenvalue weighted by Gasteiger charge is -2.08. The van der Waals surface area contributed by atoms with Crippen LogP contribution in [0, 0.1) is 0 Å². The third-order valence-corrected chi connectivity index (χ3v) is 2.88. The molecular formula is C15H16ClN3O. The zero-order chi connectivity index (χ0) is 14.2. The van der Waals surface area contributed by atoms with Crippen molar-refractivity contribution in [3.63, 3.8) is 0 Å². The molecule has 1 aromatic heterocycles. The fourth-order valence-electron chi connectivity index (χ4n) is 1.67. The van der Waals surface area contributed by atoms with Gasteiger partial charge in [-0.3, -0.25) is 4.98 Å². The Kier molecular flexibility index (Phi) is 5.38. The van der Waals surface area contributed by atoms with Gasteiger partial charge in [-0.25, -0.2) is 4.99 Å². The van der Waals surface area contributed by atoms with E-state index in [0.717, 1.165) is 12.1 Å². The van der Waals surface area contributed by atoms with Gasteiger partial charge in [0.05, 0.1) is 12.5 Å². The number of nitrogens with zero attached hydrogens (tertiary/aromatic N) is 2. The lowest BCUT2D eigenvalue weighted by molar-refractivity contribution is 0.321. The molecule has 0 aliphatic carbocycles. The van der Waals surface area contributed by atoms with Crippen LogP contribution in [0.5, 0.6) is 5.75 Å². The summed E-state index contributed by atoms with van der Waals surface area (Å²) in [4.78, 5) is 8.47. The maximum atomic E-state index is 5.74. The largest absolute Gasteiger partial charge is 0.491 e. The lowest BCUT2D eigenvalue weighted by Crippen LogP contribution is -2.12.